The van der Waals surface area contributed by atoms with E-state index in [2.05, 4.69) is 33.1 Å². The normalized spacial score (nSPS) is 37.2. The average molecular weight is 258 g/mol. The summed E-state index contributed by atoms with van der Waals surface area (Å²) < 4.78 is 6.19. The molecule has 0 aromatic heterocycles. The van der Waals surface area contributed by atoms with Crippen LogP contribution in [0, 0.1) is 11.8 Å². The summed E-state index contributed by atoms with van der Waals surface area (Å²) in [7, 11) is 0. The highest BCUT2D eigenvalue weighted by molar-refractivity contribution is 7.99. The lowest BCUT2D eigenvalue weighted by atomic mass is 9.76. The third-order valence-electron chi connectivity index (χ3n) is 4.24. The Bertz CT molecular complexity index is 275. The van der Waals surface area contributed by atoms with Crippen LogP contribution in [0.2, 0.25) is 0 Å². The van der Waals surface area contributed by atoms with Crippen LogP contribution in [0.25, 0.3) is 0 Å². The van der Waals surface area contributed by atoms with Crippen LogP contribution in [0.3, 0.4) is 0 Å². The molecule has 3 atom stereocenters. The molecule has 2 aliphatic rings. The van der Waals surface area contributed by atoms with E-state index in [1.165, 1.54) is 17.9 Å². The van der Waals surface area contributed by atoms with Gasteiger partial charge in [0.1, 0.15) is 0 Å². The van der Waals surface area contributed by atoms with Gasteiger partial charge in [-0.25, -0.2) is 0 Å². The molecule has 0 bridgehead atoms. The average Bonchev–Trinajstić information content (AvgIpc) is 2.74. The standard InChI is InChI=1S/C13H26N2OS/c1-12(2)7-10(13(3,4)16-12)11(15-14)9-5-6-17-8-9/h9-11,15H,5-8,14H2,1-4H3. The third-order valence-corrected chi connectivity index (χ3v) is 5.43. The van der Waals surface area contributed by atoms with Crippen LogP contribution in [-0.4, -0.2) is 28.7 Å². The highest BCUT2D eigenvalue weighted by atomic mass is 32.2. The van der Waals surface area contributed by atoms with E-state index >= 15 is 0 Å². The molecule has 2 saturated heterocycles. The molecule has 0 saturated carbocycles. The minimum atomic E-state index is -0.0756. The number of thioether (sulfide) groups is 1. The summed E-state index contributed by atoms with van der Waals surface area (Å²) in [6.45, 7) is 8.79. The molecule has 2 fully saturated rings. The van der Waals surface area contributed by atoms with Crippen molar-refractivity contribution in [2.24, 2.45) is 17.7 Å². The molecule has 0 radical (unpaired) electrons. The molecule has 4 heteroatoms. The van der Waals surface area contributed by atoms with Crippen LogP contribution >= 0.6 is 11.8 Å². The molecule has 0 aromatic carbocycles. The van der Waals surface area contributed by atoms with Crippen molar-refractivity contribution in [2.45, 2.75) is 57.8 Å². The first-order valence-electron chi connectivity index (χ1n) is 6.60. The van der Waals surface area contributed by atoms with Gasteiger partial charge in [0.05, 0.1) is 11.2 Å². The molecule has 0 aliphatic carbocycles. The van der Waals surface area contributed by atoms with Crippen LogP contribution in [0.15, 0.2) is 0 Å². The summed E-state index contributed by atoms with van der Waals surface area (Å²) in [5.41, 5.74) is 2.99. The summed E-state index contributed by atoms with van der Waals surface area (Å²) >= 11 is 2.05. The maximum absolute atomic E-state index is 6.19. The predicted molar refractivity (Wildman–Crippen MR) is 73.9 cm³/mol. The molecule has 0 aromatic rings. The molecule has 17 heavy (non-hydrogen) atoms. The maximum Gasteiger partial charge on any atom is 0.0678 e. The predicted octanol–water partition coefficient (Wildman–Crippen LogP) is 2.17. The molecule has 3 unspecified atom stereocenters. The molecule has 2 aliphatic heterocycles. The molecule has 0 spiro atoms. The smallest absolute Gasteiger partial charge is 0.0678 e. The van der Waals surface area contributed by atoms with E-state index in [4.69, 9.17) is 10.6 Å². The lowest BCUT2D eigenvalue weighted by molar-refractivity contribution is -0.0793. The number of hydrogen-bond acceptors (Lipinski definition) is 4. The van der Waals surface area contributed by atoms with Crippen LogP contribution < -0.4 is 11.3 Å². The van der Waals surface area contributed by atoms with Crippen LogP contribution in [0.5, 0.6) is 0 Å². The van der Waals surface area contributed by atoms with Gasteiger partial charge in [-0.2, -0.15) is 11.8 Å². The number of nitrogens with one attached hydrogen (secondary N) is 1. The molecular formula is C13H26N2OS. The van der Waals surface area contributed by atoms with Gasteiger partial charge >= 0.3 is 0 Å². The van der Waals surface area contributed by atoms with Crippen LogP contribution in [0.4, 0.5) is 0 Å². The van der Waals surface area contributed by atoms with Gasteiger partial charge in [0, 0.05) is 12.0 Å². The molecule has 100 valence electrons. The van der Waals surface area contributed by atoms with Crippen molar-refractivity contribution in [3.05, 3.63) is 0 Å². The zero-order valence-corrected chi connectivity index (χ0v) is 12.3. The topological polar surface area (TPSA) is 47.3 Å². The summed E-state index contributed by atoms with van der Waals surface area (Å²) in [5, 5.41) is 0. The SMILES string of the molecule is CC1(C)CC(C(NN)C2CCSC2)C(C)(C)O1. The number of ether oxygens (including phenoxy) is 1. The van der Waals surface area contributed by atoms with Gasteiger partial charge in [-0.3, -0.25) is 11.3 Å². The molecular weight excluding hydrogens is 232 g/mol. The van der Waals surface area contributed by atoms with Crippen molar-refractivity contribution >= 4 is 11.8 Å². The van der Waals surface area contributed by atoms with E-state index in [9.17, 15) is 0 Å². The number of hydrogen-bond donors (Lipinski definition) is 2. The van der Waals surface area contributed by atoms with Crippen molar-refractivity contribution in [3.8, 4) is 0 Å². The van der Waals surface area contributed by atoms with Crippen molar-refractivity contribution < 1.29 is 4.74 Å². The monoisotopic (exact) mass is 258 g/mol. The maximum atomic E-state index is 6.19. The number of rotatable bonds is 3. The Morgan fingerprint density at radius 2 is 2.06 bits per heavy atom. The Labute approximate surface area is 109 Å². The second kappa shape index (κ2) is 4.72. The minimum Gasteiger partial charge on any atom is -0.369 e. The van der Waals surface area contributed by atoms with Crippen molar-refractivity contribution in [1.82, 2.24) is 5.43 Å². The Morgan fingerprint density at radius 1 is 1.35 bits per heavy atom. The molecule has 2 rings (SSSR count). The van der Waals surface area contributed by atoms with Gasteiger partial charge in [-0.15, -0.1) is 0 Å². The zero-order valence-electron chi connectivity index (χ0n) is 11.5. The lowest BCUT2D eigenvalue weighted by Crippen LogP contribution is -2.51. The molecule has 3 nitrogen and oxygen atoms in total. The van der Waals surface area contributed by atoms with Crippen LogP contribution in [-0.2, 0) is 4.74 Å². The van der Waals surface area contributed by atoms with Gasteiger partial charge in [-0.1, -0.05) is 0 Å². The second-order valence-corrected chi connectivity index (χ2v) is 7.74. The van der Waals surface area contributed by atoms with Crippen molar-refractivity contribution in [3.63, 3.8) is 0 Å². The van der Waals surface area contributed by atoms with Crippen LogP contribution in [0.1, 0.15) is 40.5 Å². The summed E-state index contributed by atoms with van der Waals surface area (Å²) in [4.78, 5) is 0. The van der Waals surface area contributed by atoms with E-state index in [-0.39, 0.29) is 11.2 Å². The fraction of sp³-hybridized carbons (Fsp3) is 1.00. The quantitative estimate of drug-likeness (QED) is 0.601. The van der Waals surface area contributed by atoms with E-state index in [1.807, 2.05) is 11.8 Å². The van der Waals surface area contributed by atoms with E-state index < -0.39 is 0 Å². The number of nitrogens with two attached hydrogens (primary N) is 1. The van der Waals surface area contributed by atoms with E-state index in [0.717, 1.165) is 6.42 Å². The second-order valence-electron chi connectivity index (χ2n) is 6.59. The molecule has 3 N–H and O–H groups in total. The summed E-state index contributed by atoms with van der Waals surface area (Å²) in [6.07, 6.45) is 2.38. The largest absolute Gasteiger partial charge is 0.369 e. The Hall–Kier alpha value is 0.230. The fourth-order valence-electron chi connectivity index (χ4n) is 3.58. The van der Waals surface area contributed by atoms with Gasteiger partial charge in [0.15, 0.2) is 0 Å². The van der Waals surface area contributed by atoms with Gasteiger partial charge in [0.25, 0.3) is 0 Å². The number of hydrazine groups is 1. The van der Waals surface area contributed by atoms with Gasteiger partial charge in [-0.05, 0) is 58.0 Å². The highest BCUT2D eigenvalue weighted by Crippen LogP contribution is 2.46. The summed E-state index contributed by atoms with van der Waals surface area (Å²) in [5.74, 6) is 9.55. The summed E-state index contributed by atoms with van der Waals surface area (Å²) in [6, 6.07) is 0.391. The zero-order chi connectivity index (χ0) is 12.7. The van der Waals surface area contributed by atoms with Gasteiger partial charge in [0.2, 0.25) is 0 Å². The highest BCUT2D eigenvalue weighted by Gasteiger charge is 2.50. The fourth-order valence-corrected chi connectivity index (χ4v) is 4.89. The van der Waals surface area contributed by atoms with Gasteiger partial charge < -0.3 is 4.74 Å². The molecule has 0 amide bonds. The Morgan fingerprint density at radius 3 is 2.47 bits per heavy atom. The minimum absolute atomic E-state index is 0.0188. The lowest BCUT2D eigenvalue weighted by Gasteiger charge is -2.35. The Kier molecular flexibility index (Phi) is 3.79. The first-order valence-corrected chi connectivity index (χ1v) is 7.75. The first kappa shape index (κ1) is 13.7. The Balaban J connectivity index is 2.13. The first-order chi connectivity index (χ1) is 7.86. The van der Waals surface area contributed by atoms with E-state index in [0.29, 0.717) is 17.9 Å². The molecule has 2 heterocycles. The van der Waals surface area contributed by atoms with Crippen molar-refractivity contribution in [1.29, 1.82) is 0 Å². The third kappa shape index (κ3) is 2.80. The van der Waals surface area contributed by atoms with E-state index in [1.54, 1.807) is 0 Å². The van der Waals surface area contributed by atoms with Crippen molar-refractivity contribution in [2.75, 3.05) is 11.5 Å².